The molecule has 7 nitrogen and oxygen atoms in total. The molecule has 0 heterocycles. The van der Waals surface area contributed by atoms with Crippen LogP contribution in [0.15, 0.2) is 114 Å². The third-order valence-electron chi connectivity index (χ3n) is 8.17. The molecule has 5 rings (SSSR count). The van der Waals surface area contributed by atoms with E-state index in [2.05, 4.69) is 5.32 Å². The number of nitrogens with zero attached hydrogens (tertiary/aromatic N) is 2. The maximum absolute atomic E-state index is 14.5. The number of hydrogen-bond acceptors (Lipinski definition) is 4. The number of rotatable bonds is 12. The van der Waals surface area contributed by atoms with Gasteiger partial charge in [0.1, 0.15) is 12.6 Å². The van der Waals surface area contributed by atoms with Crippen molar-refractivity contribution in [3.05, 3.63) is 131 Å². The van der Waals surface area contributed by atoms with E-state index in [4.69, 9.17) is 11.6 Å². The van der Waals surface area contributed by atoms with E-state index in [1.165, 1.54) is 17.0 Å². The summed E-state index contributed by atoms with van der Waals surface area (Å²) in [6.07, 6.45) is 4.15. The van der Waals surface area contributed by atoms with Crippen molar-refractivity contribution in [2.45, 2.75) is 62.6 Å². The smallest absolute Gasteiger partial charge is 0.264 e. The van der Waals surface area contributed by atoms with Gasteiger partial charge < -0.3 is 10.2 Å². The fourth-order valence-corrected chi connectivity index (χ4v) is 7.23. The average Bonchev–Trinajstić information content (AvgIpc) is 3.57. The summed E-state index contributed by atoms with van der Waals surface area (Å²) >= 11 is 6.16. The number of nitrogens with one attached hydrogen (secondary N) is 1. The predicted molar refractivity (Wildman–Crippen MR) is 178 cm³/mol. The Morgan fingerprint density at radius 2 is 1.42 bits per heavy atom. The van der Waals surface area contributed by atoms with Crippen LogP contribution in [0.4, 0.5) is 5.69 Å². The summed E-state index contributed by atoms with van der Waals surface area (Å²) in [7, 11) is -4.13. The minimum absolute atomic E-state index is 0.0470. The molecule has 0 unspecified atom stereocenters. The zero-order chi connectivity index (χ0) is 31.8. The highest BCUT2D eigenvalue weighted by molar-refractivity contribution is 7.92. The van der Waals surface area contributed by atoms with E-state index < -0.39 is 28.5 Å². The van der Waals surface area contributed by atoms with E-state index in [0.717, 1.165) is 46.7 Å². The van der Waals surface area contributed by atoms with Gasteiger partial charge in [-0.1, -0.05) is 103 Å². The van der Waals surface area contributed by atoms with Gasteiger partial charge in [0.15, 0.2) is 0 Å². The molecule has 4 aromatic carbocycles. The lowest BCUT2D eigenvalue weighted by molar-refractivity contribution is -0.140. The van der Waals surface area contributed by atoms with Crippen LogP contribution in [0.2, 0.25) is 5.02 Å². The van der Waals surface area contributed by atoms with Crippen molar-refractivity contribution in [2.75, 3.05) is 10.8 Å². The summed E-state index contributed by atoms with van der Waals surface area (Å²) in [5, 5.41) is 3.74. The number of carbonyl (C=O) groups is 2. The van der Waals surface area contributed by atoms with Crippen molar-refractivity contribution in [3.63, 3.8) is 0 Å². The van der Waals surface area contributed by atoms with Crippen molar-refractivity contribution in [1.29, 1.82) is 0 Å². The molecule has 0 radical (unpaired) electrons. The van der Waals surface area contributed by atoms with Crippen LogP contribution in [0.1, 0.15) is 42.4 Å². The average molecular weight is 644 g/mol. The minimum atomic E-state index is -4.13. The van der Waals surface area contributed by atoms with Gasteiger partial charge in [-0.3, -0.25) is 13.9 Å². The van der Waals surface area contributed by atoms with Crippen LogP contribution in [0.5, 0.6) is 0 Å². The molecule has 1 atom stereocenters. The van der Waals surface area contributed by atoms with Gasteiger partial charge in [-0.2, -0.15) is 0 Å². The summed E-state index contributed by atoms with van der Waals surface area (Å²) in [5.41, 5.74) is 2.98. The second-order valence-corrected chi connectivity index (χ2v) is 13.8. The number of amides is 2. The molecular weight excluding hydrogens is 606 g/mol. The molecule has 0 spiro atoms. The van der Waals surface area contributed by atoms with Crippen LogP contribution in [0.3, 0.4) is 0 Å². The van der Waals surface area contributed by atoms with Crippen LogP contribution < -0.4 is 9.62 Å². The predicted octanol–water partition coefficient (Wildman–Crippen LogP) is 6.54. The second kappa shape index (κ2) is 14.8. The van der Waals surface area contributed by atoms with Crippen molar-refractivity contribution in [2.24, 2.45) is 0 Å². The van der Waals surface area contributed by atoms with Crippen molar-refractivity contribution in [1.82, 2.24) is 10.2 Å². The van der Waals surface area contributed by atoms with E-state index in [1.54, 1.807) is 42.5 Å². The van der Waals surface area contributed by atoms with Crippen LogP contribution in [-0.4, -0.2) is 43.8 Å². The van der Waals surface area contributed by atoms with Crippen molar-refractivity contribution >= 4 is 39.1 Å². The van der Waals surface area contributed by atoms with Crippen molar-refractivity contribution < 1.29 is 18.0 Å². The molecule has 0 saturated heterocycles. The van der Waals surface area contributed by atoms with E-state index in [9.17, 15) is 18.0 Å². The number of anilines is 1. The molecule has 0 bridgehead atoms. The first kappa shape index (κ1) is 32.3. The fourth-order valence-electron chi connectivity index (χ4n) is 5.67. The second-order valence-electron chi connectivity index (χ2n) is 11.5. The molecule has 1 fully saturated rings. The van der Waals surface area contributed by atoms with E-state index in [1.807, 2.05) is 61.5 Å². The van der Waals surface area contributed by atoms with E-state index in [0.29, 0.717) is 10.7 Å². The van der Waals surface area contributed by atoms with Gasteiger partial charge in [-0.05, 0) is 67.3 Å². The first-order chi connectivity index (χ1) is 21.7. The largest absolute Gasteiger partial charge is 0.352 e. The molecule has 1 saturated carbocycles. The zero-order valence-electron chi connectivity index (χ0n) is 25.3. The quantitative estimate of drug-likeness (QED) is 0.190. The molecule has 45 heavy (non-hydrogen) atoms. The lowest BCUT2D eigenvalue weighted by Gasteiger charge is -2.34. The molecule has 1 aliphatic rings. The molecule has 1 aliphatic carbocycles. The van der Waals surface area contributed by atoms with Crippen LogP contribution in [-0.2, 0) is 32.6 Å². The normalized spacial score (nSPS) is 14.1. The van der Waals surface area contributed by atoms with Gasteiger partial charge in [0.25, 0.3) is 10.0 Å². The molecular formula is C36H38ClN3O4S. The Kier molecular flexibility index (Phi) is 10.6. The number of benzene rings is 4. The number of hydrogen-bond donors (Lipinski definition) is 1. The first-order valence-corrected chi connectivity index (χ1v) is 17.1. The molecule has 2 amide bonds. The Balaban J connectivity index is 1.55. The lowest BCUT2D eigenvalue weighted by atomic mass is 10.0. The highest BCUT2D eigenvalue weighted by Crippen LogP contribution is 2.26. The third-order valence-corrected chi connectivity index (χ3v) is 10.2. The van der Waals surface area contributed by atoms with Crippen LogP contribution in [0.25, 0.3) is 0 Å². The number of sulfonamides is 1. The fraction of sp³-hybridized carbons (Fsp3) is 0.278. The van der Waals surface area contributed by atoms with Crippen molar-refractivity contribution in [3.8, 4) is 0 Å². The summed E-state index contributed by atoms with van der Waals surface area (Å²) in [6.45, 7) is 1.52. The lowest BCUT2D eigenvalue weighted by Crippen LogP contribution is -2.54. The Bertz CT molecular complexity index is 1680. The third kappa shape index (κ3) is 8.32. The summed E-state index contributed by atoms with van der Waals surface area (Å²) < 4.78 is 29.2. The standard InChI is InChI=1S/C36H38ClN3O4S/c1-27-16-22-32(23-17-27)40(45(43,44)33-14-6-3-7-15-33)26-35(41)39(25-29-18-20-30(37)21-19-29)34(24-28-10-4-2-5-11-28)36(42)38-31-12-8-9-13-31/h2-7,10-11,14-23,31,34H,8-9,12-13,24-26H2,1H3,(H,38,42)/t34-/m1/s1. The van der Waals surface area contributed by atoms with Gasteiger partial charge in [0.05, 0.1) is 10.6 Å². The first-order valence-electron chi connectivity index (χ1n) is 15.2. The maximum Gasteiger partial charge on any atom is 0.264 e. The molecule has 234 valence electrons. The van der Waals surface area contributed by atoms with Gasteiger partial charge >= 0.3 is 0 Å². The molecule has 4 aromatic rings. The SMILES string of the molecule is Cc1ccc(N(CC(=O)N(Cc2ccc(Cl)cc2)[C@H](Cc2ccccc2)C(=O)NC2CCCC2)S(=O)(=O)c2ccccc2)cc1. The summed E-state index contributed by atoms with van der Waals surface area (Å²) in [5.74, 6) is -0.742. The van der Waals surface area contributed by atoms with Gasteiger partial charge in [0, 0.05) is 24.0 Å². The Hall–Kier alpha value is -4.14. The number of carbonyl (C=O) groups excluding carboxylic acids is 2. The van der Waals surface area contributed by atoms with Gasteiger partial charge in [-0.25, -0.2) is 8.42 Å². The van der Waals surface area contributed by atoms with Gasteiger partial charge in [-0.15, -0.1) is 0 Å². The van der Waals surface area contributed by atoms with Crippen LogP contribution >= 0.6 is 11.6 Å². The minimum Gasteiger partial charge on any atom is -0.352 e. The Morgan fingerprint density at radius 1 is 0.822 bits per heavy atom. The topological polar surface area (TPSA) is 86.8 Å². The molecule has 0 aromatic heterocycles. The highest BCUT2D eigenvalue weighted by Gasteiger charge is 2.35. The monoisotopic (exact) mass is 643 g/mol. The molecule has 9 heteroatoms. The Morgan fingerprint density at radius 3 is 2.04 bits per heavy atom. The molecule has 1 N–H and O–H groups in total. The van der Waals surface area contributed by atoms with Gasteiger partial charge in [0.2, 0.25) is 11.8 Å². The zero-order valence-corrected chi connectivity index (χ0v) is 26.9. The van der Waals surface area contributed by atoms with Crippen LogP contribution in [0, 0.1) is 6.92 Å². The Labute approximate surface area is 270 Å². The van der Waals surface area contributed by atoms with E-state index >= 15 is 0 Å². The maximum atomic E-state index is 14.5. The highest BCUT2D eigenvalue weighted by atomic mass is 35.5. The number of halogens is 1. The molecule has 0 aliphatic heterocycles. The summed E-state index contributed by atoms with van der Waals surface area (Å²) in [6, 6.07) is 30.9. The van der Waals surface area contributed by atoms with E-state index in [-0.39, 0.29) is 29.8 Å². The number of aryl methyl sites for hydroxylation is 1. The summed E-state index contributed by atoms with van der Waals surface area (Å²) in [4.78, 5) is 30.2.